The molecule has 0 radical (unpaired) electrons. The Kier molecular flexibility index (Phi) is 6.58. The number of piperazine rings is 1. The van der Waals surface area contributed by atoms with Crippen LogP contribution in [-0.4, -0.2) is 50.1 Å². The molecule has 0 bridgehead atoms. The molecule has 1 heterocycles. The molecule has 1 aliphatic rings. The van der Waals surface area contributed by atoms with Gasteiger partial charge < -0.3 is 10.6 Å². The molecule has 132 valence electrons. The van der Waals surface area contributed by atoms with Gasteiger partial charge >= 0.3 is 0 Å². The van der Waals surface area contributed by atoms with E-state index in [0.717, 1.165) is 38.3 Å². The van der Waals surface area contributed by atoms with Crippen molar-refractivity contribution in [1.29, 1.82) is 0 Å². The summed E-state index contributed by atoms with van der Waals surface area (Å²) in [5.74, 6) is 0.00846. The Morgan fingerprint density at radius 3 is 2.33 bits per heavy atom. The van der Waals surface area contributed by atoms with E-state index >= 15 is 0 Å². The number of carbonyl (C=O) groups excluding carboxylic acids is 1. The van der Waals surface area contributed by atoms with Gasteiger partial charge in [0.2, 0.25) is 0 Å². The summed E-state index contributed by atoms with van der Waals surface area (Å²) >= 11 is 0. The van der Waals surface area contributed by atoms with Gasteiger partial charge in [0.05, 0.1) is 0 Å². The van der Waals surface area contributed by atoms with Crippen molar-refractivity contribution in [3.63, 3.8) is 0 Å². The molecule has 0 unspecified atom stereocenters. The molecule has 0 aromatic heterocycles. The van der Waals surface area contributed by atoms with Crippen molar-refractivity contribution in [2.75, 3.05) is 39.3 Å². The van der Waals surface area contributed by atoms with Crippen LogP contribution in [0, 0.1) is 5.41 Å². The lowest BCUT2D eigenvalue weighted by molar-refractivity contribution is 0.0947. The van der Waals surface area contributed by atoms with Gasteiger partial charge in [-0.3, -0.25) is 9.69 Å². The van der Waals surface area contributed by atoms with Crippen LogP contribution in [-0.2, 0) is 0 Å². The van der Waals surface area contributed by atoms with E-state index in [2.05, 4.69) is 49.3 Å². The summed E-state index contributed by atoms with van der Waals surface area (Å²) in [6, 6.07) is 7.89. The second-order valence-electron chi connectivity index (χ2n) is 7.62. The molecular formula is C20H31N3O. The topological polar surface area (TPSA) is 44.4 Å². The van der Waals surface area contributed by atoms with E-state index in [1.54, 1.807) is 0 Å². The van der Waals surface area contributed by atoms with Gasteiger partial charge in [0.25, 0.3) is 5.91 Å². The highest BCUT2D eigenvalue weighted by Gasteiger charge is 2.11. The van der Waals surface area contributed by atoms with Crippen LogP contribution in [0.1, 0.15) is 43.6 Å². The molecule has 0 saturated carbocycles. The van der Waals surface area contributed by atoms with Gasteiger partial charge in [-0.2, -0.15) is 0 Å². The van der Waals surface area contributed by atoms with Crippen molar-refractivity contribution in [2.24, 2.45) is 5.41 Å². The van der Waals surface area contributed by atoms with Crippen LogP contribution < -0.4 is 10.6 Å². The Morgan fingerprint density at radius 2 is 1.75 bits per heavy atom. The summed E-state index contributed by atoms with van der Waals surface area (Å²) in [5, 5.41) is 6.35. The van der Waals surface area contributed by atoms with Crippen LogP contribution in [0.25, 0.3) is 5.57 Å². The average Bonchev–Trinajstić information content (AvgIpc) is 2.54. The van der Waals surface area contributed by atoms with E-state index in [1.807, 2.05) is 24.3 Å². The number of rotatable bonds is 5. The molecule has 0 aliphatic carbocycles. The number of carbonyl (C=O) groups is 1. The Labute approximate surface area is 146 Å². The fraction of sp³-hybridized carbons (Fsp3) is 0.550. The van der Waals surface area contributed by atoms with Crippen LogP contribution in [0.15, 0.2) is 30.3 Å². The van der Waals surface area contributed by atoms with Gasteiger partial charge in [-0.05, 0) is 35.6 Å². The molecule has 1 aromatic rings. The number of hydrogen-bond acceptors (Lipinski definition) is 3. The molecule has 4 heteroatoms. The van der Waals surface area contributed by atoms with Crippen LogP contribution in [0.4, 0.5) is 0 Å². The second-order valence-corrected chi connectivity index (χ2v) is 7.62. The Morgan fingerprint density at radius 1 is 1.17 bits per heavy atom. The molecule has 24 heavy (non-hydrogen) atoms. The number of hydrogen-bond donors (Lipinski definition) is 2. The third-order valence-corrected chi connectivity index (χ3v) is 4.18. The maximum Gasteiger partial charge on any atom is 0.251 e. The lowest BCUT2D eigenvalue weighted by atomic mass is 9.91. The minimum absolute atomic E-state index is 0.00846. The van der Waals surface area contributed by atoms with Gasteiger partial charge in [0.1, 0.15) is 0 Å². The first-order valence-corrected chi connectivity index (χ1v) is 8.86. The molecule has 0 spiro atoms. The number of allylic oxidation sites excluding steroid dienone is 2. The van der Waals surface area contributed by atoms with E-state index in [9.17, 15) is 4.79 Å². The Balaban J connectivity index is 1.85. The number of benzene rings is 1. The Hall–Kier alpha value is -1.65. The van der Waals surface area contributed by atoms with Crippen molar-refractivity contribution in [1.82, 2.24) is 15.5 Å². The van der Waals surface area contributed by atoms with E-state index < -0.39 is 0 Å². The molecule has 2 rings (SSSR count). The lowest BCUT2D eigenvalue weighted by Gasteiger charge is -2.27. The average molecular weight is 329 g/mol. The molecule has 0 atom stereocenters. The van der Waals surface area contributed by atoms with Gasteiger partial charge in [-0.15, -0.1) is 0 Å². The van der Waals surface area contributed by atoms with Crippen LogP contribution in [0.5, 0.6) is 0 Å². The summed E-state index contributed by atoms with van der Waals surface area (Å²) in [7, 11) is 0. The van der Waals surface area contributed by atoms with Crippen molar-refractivity contribution < 1.29 is 4.79 Å². The molecule has 2 N–H and O–H groups in total. The molecule has 1 aromatic carbocycles. The summed E-state index contributed by atoms with van der Waals surface area (Å²) in [6.07, 6.45) is 2.26. The highest BCUT2D eigenvalue weighted by atomic mass is 16.1. The van der Waals surface area contributed by atoms with Crippen molar-refractivity contribution in [3.8, 4) is 0 Å². The molecule has 1 aliphatic heterocycles. The minimum atomic E-state index is 0.00846. The van der Waals surface area contributed by atoms with Crippen LogP contribution in [0.2, 0.25) is 0 Å². The van der Waals surface area contributed by atoms with Gasteiger partial charge in [-0.1, -0.05) is 39.0 Å². The van der Waals surface area contributed by atoms with E-state index in [0.29, 0.717) is 6.54 Å². The normalized spacial score (nSPS) is 16.9. The first-order chi connectivity index (χ1) is 11.3. The predicted molar refractivity (Wildman–Crippen MR) is 101 cm³/mol. The van der Waals surface area contributed by atoms with E-state index in [1.165, 1.54) is 11.1 Å². The predicted octanol–water partition coefficient (Wildman–Crippen LogP) is 2.77. The number of amides is 1. The third kappa shape index (κ3) is 6.10. The van der Waals surface area contributed by atoms with E-state index in [4.69, 9.17) is 0 Å². The standard InChI is InChI=1S/C20H31N3O/c1-16(15-20(2,3)4)17-5-7-18(8-6-17)19(24)22-11-14-23-12-9-21-10-13-23/h5-8,15,21H,9-14H2,1-4H3,(H,22,24). The second kappa shape index (κ2) is 8.45. The van der Waals surface area contributed by atoms with Crippen LogP contribution >= 0.6 is 0 Å². The maximum absolute atomic E-state index is 12.2. The van der Waals surface area contributed by atoms with Gasteiger partial charge in [0, 0.05) is 44.8 Å². The quantitative estimate of drug-likeness (QED) is 0.873. The van der Waals surface area contributed by atoms with Crippen molar-refractivity contribution in [3.05, 3.63) is 41.5 Å². The smallest absolute Gasteiger partial charge is 0.251 e. The SMILES string of the molecule is CC(=CC(C)(C)C)c1ccc(C(=O)NCCN2CCNCC2)cc1. The lowest BCUT2D eigenvalue weighted by Crippen LogP contribution is -2.46. The monoisotopic (exact) mass is 329 g/mol. The first-order valence-electron chi connectivity index (χ1n) is 8.86. The fourth-order valence-corrected chi connectivity index (χ4v) is 2.98. The number of nitrogens with one attached hydrogen (secondary N) is 2. The molecule has 1 saturated heterocycles. The zero-order valence-electron chi connectivity index (χ0n) is 15.5. The first kappa shape index (κ1) is 18.7. The largest absolute Gasteiger partial charge is 0.351 e. The maximum atomic E-state index is 12.2. The summed E-state index contributed by atoms with van der Waals surface area (Å²) < 4.78 is 0. The molecule has 1 fully saturated rings. The summed E-state index contributed by atoms with van der Waals surface area (Å²) in [6.45, 7) is 14.5. The summed E-state index contributed by atoms with van der Waals surface area (Å²) in [4.78, 5) is 14.6. The minimum Gasteiger partial charge on any atom is -0.351 e. The molecule has 4 nitrogen and oxygen atoms in total. The highest BCUT2D eigenvalue weighted by Crippen LogP contribution is 2.23. The molecule has 1 amide bonds. The highest BCUT2D eigenvalue weighted by molar-refractivity contribution is 5.94. The zero-order chi connectivity index (χ0) is 17.6. The van der Waals surface area contributed by atoms with Gasteiger partial charge in [0.15, 0.2) is 0 Å². The Bertz CT molecular complexity index is 564. The van der Waals surface area contributed by atoms with Crippen molar-refractivity contribution in [2.45, 2.75) is 27.7 Å². The fourth-order valence-electron chi connectivity index (χ4n) is 2.98. The number of nitrogens with zero attached hydrogens (tertiary/aromatic N) is 1. The van der Waals surface area contributed by atoms with Crippen molar-refractivity contribution >= 4 is 11.5 Å². The molecular weight excluding hydrogens is 298 g/mol. The van der Waals surface area contributed by atoms with Gasteiger partial charge in [-0.25, -0.2) is 0 Å². The summed E-state index contributed by atoms with van der Waals surface area (Å²) in [5.41, 5.74) is 3.29. The zero-order valence-corrected chi connectivity index (χ0v) is 15.5. The third-order valence-electron chi connectivity index (χ3n) is 4.18. The van der Waals surface area contributed by atoms with E-state index in [-0.39, 0.29) is 11.3 Å². The van der Waals surface area contributed by atoms with Crippen LogP contribution in [0.3, 0.4) is 0 Å².